The Hall–Kier alpha value is -2.17. The minimum atomic E-state index is -0.387. The van der Waals surface area contributed by atoms with Crippen LogP contribution in [-0.4, -0.2) is 35.5 Å². The summed E-state index contributed by atoms with van der Waals surface area (Å²) in [5.41, 5.74) is 0.255. The zero-order chi connectivity index (χ0) is 11.9. The van der Waals surface area contributed by atoms with Crippen molar-refractivity contribution < 1.29 is 9.59 Å². The number of carbonyl (C=O) groups excluding carboxylic acids is 2. The minimum Gasteiger partial charge on any atom is -0.374 e. The molecule has 16 heavy (non-hydrogen) atoms. The largest absolute Gasteiger partial charge is 0.374 e. The number of nitrogens with zero attached hydrogens (tertiary/aromatic N) is 1. The van der Waals surface area contributed by atoms with Gasteiger partial charge in [0.1, 0.15) is 5.69 Å². The molecule has 0 radical (unpaired) electrons. The smallest absolute Gasteiger partial charge is 0.248 e. The molecular formula is C11H10N2O3. The number of aromatic nitrogens is 1. The summed E-state index contributed by atoms with van der Waals surface area (Å²) in [6.07, 6.45) is 1.24. The van der Waals surface area contributed by atoms with Gasteiger partial charge in [0.25, 0.3) is 0 Å². The monoisotopic (exact) mass is 218 g/mol. The number of rotatable bonds is 1. The maximum absolute atomic E-state index is 11.9. The Kier molecular flexibility index (Phi) is 2.23. The van der Waals surface area contributed by atoms with Crippen LogP contribution in [0.15, 0.2) is 28.7 Å². The predicted octanol–water partition coefficient (Wildman–Crippen LogP) is 0.199. The van der Waals surface area contributed by atoms with Gasteiger partial charge in [-0.25, -0.2) is 0 Å². The number of carbonyl (C=O) groups is 2. The summed E-state index contributed by atoms with van der Waals surface area (Å²) in [4.78, 5) is 38.6. The average Bonchev–Trinajstić information content (AvgIpc) is 2.22. The Morgan fingerprint density at radius 3 is 2.44 bits per heavy atom. The first-order chi connectivity index (χ1) is 7.50. The number of ketones is 2. The van der Waals surface area contributed by atoms with E-state index in [0.717, 1.165) is 0 Å². The molecule has 1 N–H and O–H groups in total. The summed E-state index contributed by atoms with van der Waals surface area (Å²) in [7, 11) is 3.38. The number of Topliss-reactive ketones (excluding diaryl/α,β-unsaturated/α-hetero) is 1. The molecule has 0 fully saturated rings. The van der Waals surface area contributed by atoms with Gasteiger partial charge in [0, 0.05) is 26.2 Å². The van der Waals surface area contributed by atoms with Gasteiger partial charge in [0.05, 0.1) is 11.3 Å². The molecule has 5 heteroatoms. The van der Waals surface area contributed by atoms with Crippen molar-refractivity contribution in [3.8, 4) is 0 Å². The zero-order valence-electron chi connectivity index (χ0n) is 8.90. The third-order valence-electron chi connectivity index (χ3n) is 2.39. The number of fused-ring (bicyclic) bond motifs is 1. The Morgan fingerprint density at radius 1 is 1.12 bits per heavy atom. The third-order valence-corrected chi connectivity index (χ3v) is 2.39. The summed E-state index contributed by atoms with van der Waals surface area (Å²) in [6.45, 7) is 0. The predicted molar refractivity (Wildman–Crippen MR) is 57.5 cm³/mol. The average molecular weight is 218 g/mol. The van der Waals surface area contributed by atoms with Gasteiger partial charge in [-0.1, -0.05) is 0 Å². The van der Waals surface area contributed by atoms with E-state index in [1.807, 2.05) is 0 Å². The van der Waals surface area contributed by atoms with E-state index in [2.05, 4.69) is 4.98 Å². The van der Waals surface area contributed by atoms with E-state index < -0.39 is 0 Å². The van der Waals surface area contributed by atoms with Crippen LogP contribution in [0.25, 0.3) is 0 Å². The van der Waals surface area contributed by atoms with Crippen molar-refractivity contribution in [3.05, 3.63) is 45.5 Å². The van der Waals surface area contributed by atoms with Crippen LogP contribution in [0, 0.1) is 0 Å². The molecule has 2 rings (SSSR count). The van der Waals surface area contributed by atoms with Crippen molar-refractivity contribution in [1.29, 1.82) is 0 Å². The van der Waals surface area contributed by atoms with Crippen molar-refractivity contribution in [2.75, 3.05) is 14.1 Å². The molecule has 82 valence electrons. The van der Waals surface area contributed by atoms with Crippen LogP contribution in [0.2, 0.25) is 0 Å². The molecule has 1 heterocycles. The number of likely N-dealkylation sites (N-methyl/N-ethyl adjacent to an activating group) is 1. The van der Waals surface area contributed by atoms with Crippen molar-refractivity contribution >= 4 is 11.6 Å². The molecule has 0 saturated heterocycles. The van der Waals surface area contributed by atoms with Crippen LogP contribution in [0.5, 0.6) is 0 Å². The lowest BCUT2D eigenvalue weighted by molar-refractivity contribution is 0.0959. The van der Waals surface area contributed by atoms with Gasteiger partial charge >= 0.3 is 0 Å². The van der Waals surface area contributed by atoms with Gasteiger partial charge in [0.2, 0.25) is 17.1 Å². The molecule has 1 aliphatic rings. The summed E-state index contributed by atoms with van der Waals surface area (Å²) < 4.78 is 0. The molecule has 1 aromatic rings. The minimum absolute atomic E-state index is 0.0723. The molecule has 0 amide bonds. The van der Waals surface area contributed by atoms with Crippen molar-refractivity contribution in [2.24, 2.45) is 0 Å². The van der Waals surface area contributed by atoms with E-state index in [4.69, 9.17) is 0 Å². The molecule has 0 aliphatic heterocycles. The van der Waals surface area contributed by atoms with Crippen LogP contribution in [0.4, 0.5) is 0 Å². The van der Waals surface area contributed by atoms with Gasteiger partial charge in [-0.15, -0.1) is 0 Å². The molecule has 0 unspecified atom stereocenters. The number of H-pyrrole nitrogens is 1. The van der Waals surface area contributed by atoms with Crippen LogP contribution in [-0.2, 0) is 0 Å². The van der Waals surface area contributed by atoms with Gasteiger partial charge < -0.3 is 9.88 Å². The maximum atomic E-state index is 11.9. The standard InChI is InChI=1S/C11H10N2O3/c1-13(2)7-5-8(14)10-6(11(7)16)3-4-9(15)12-10/h3-5H,1-2H3,(H,12,15). The topological polar surface area (TPSA) is 70.2 Å². The Labute approximate surface area is 91.4 Å². The molecule has 0 aromatic carbocycles. The lowest BCUT2D eigenvalue weighted by Gasteiger charge is -2.20. The normalized spacial score (nSPS) is 14.5. The summed E-state index contributed by atoms with van der Waals surface area (Å²) in [6, 6.07) is 2.62. The molecule has 0 atom stereocenters. The highest BCUT2D eigenvalue weighted by molar-refractivity contribution is 6.23. The number of nitrogens with one attached hydrogen (secondary N) is 1. The number of pyridine rings is 1. The lowest BCUT2D eigenvalue weighted by atomic mass is 9.97. The molecule has 0 saturated carbocycles. The van der Waals surface area contributed by atoms with Gasteiger partial charge in [0.15, 0.2) is 0 Å². The van der Waals surface area contributed by atoms with Crippen LogP contribution in [0.3, 0.4) is 0 Å². The van der Waals surface area contributed by atoms with Gasteiger partial charge in [-0.3, -0.25) is 14.4 Å². The van der Waals surface area contributed by atoms with E-state index in [1.165, 1.54) is 18.2 Å². The number of hydrogen-bond acceptors (Lipinski definition) is 4. The number of aromatic amines is 1. The second kappa shape index (κ2) is 3.44. The van der Waals surface area contributed by atoms with Crippen LogP contribution < -0.4 is 5.56 Å². The lowest BCUT2D eigenvalue weighted by Crippen LogP contribution is -2.28. The highest BCUT2D eigenvalue weighted by Crippen LogP contribution is 2.19. The van der Waals surface area contributed by atoms with E-state index in [0.29, 0.717) is 5.70 Å². The summed E-state index contributed by atoms with van der Waals surface area (Å²) in [5, 5.41) is 0. The zero-order valence-corrected chi connectivity index (χ0v) is 8.90. The summed E-state index contributed by atoms with van der Waals surface area (Å²) >= 11 is 0. The quantitative estimate of drug-likeness (QED) is 0.731. The molecule has 1 aliphatic carbocycles. The van der Waals surface area contributed by atoms with Crippen molar-refractivity contribution in [1.82, 2.24) is 9.88 Å². The maximum Gasteiger partial charge on any atom is 0.248 e. The van der Waals surface area contributed by atoms with E-state index in [9.17, 15) is 14.4 Å². The first-order valence-corrected chi connectivity index (χ1v) is 4.72. The SMILES string of the molecule is CN(C)C1=CC(=O)c2[nH]c(=O)ccc2C1=O. The first-order valence-electron chi connectivity index (χ1n) is 4.72. The Balaban J connectivity index is 2.64. The molecular weight excluding hydrogens is 208 g/mol. The third kappa shape index (κ3) is 1.46. The molecule has 0 bridgehead atoms. The Bertz CT molecular complexity index is 567. The second-order valence-electron chi connectivity index (χ2n) is 3.73. The fourth-order valence-corrected chi connectivity index (χ4v) is 1.59. The van der Waals surface area contributed by atoms with Crippen LogP contribution in [0.1, 0.15) is 20.8 Å². The van der Waals surface area contributed by atoms with E-state index in [1.54, 1.807) is 19.0 Å². The van der Waals surface area contributed by atoms with Gasteiger partial charge in [-0.05, 0) is 6.07 Å². The van der Waals surface area contributed by atoms with Crippen molar-refractivity contribution in [2.45, 2.75) is 0 Å². The molecule has 0 spiro atoms. The fourth-order valence-electron chi connectivity index (χ4n) is 1.59. The number of allylic oxidation sites excluding steroid dienone is 2. The fraction of sp³-hybridized carbons (Fsp3) is 0.182. The number of hydrogen-bond donors (Lipinski definition) is 1. The molecule has 1 aromatic heterocycles. The first kappa shape index (κ1) is 10.4. The Morgan fingerprint density at radius 2 is 1.81 bits per heavy atom. The second-order valence-corrected chi connectivity index (χ2v) is 3.73. The van der Waals surface area contributed by atoms with Gasteiger partial charge in [-0.2, -0.15) is 0 Å². The van der Waals surface area contributed by atoms with E-state index in [-0.39, 0.29) is 28.4 Å². The van der Waals surface area contributed by atoms with Crippen molar-refractivity contribution in [3.63, 3.8) is 0 Å². The van der Waals surface area contributed by atoms with E-state index >= 15 is 0 Å². The summed E-state index contributed by atoms with van der Waals surface area (Å²) in [5.74, 6) is -0.605. The molecule has 5 nitrogen and oxygen atoms in total. The highest BCUT2D eigenvalue weighted by atomic mass is 16.1. The highest BCUT2D eigenvalue weighted by Gasteiger charge is 2.27. The van der Waals surface area contributed by atoms with Crippen LogP contribution >= 0.6 is 0 Å².